The molecule has 1 aromatic rings. The van der Waals surface area contributed by atoms with Crippen molar-refractivity contribution in [1.82, 2.24) is 9.88 Å². The van der Waals surface area contributed by atoms with Gasteiger partial charge in [0.05, 0.1) is 12.7 Å². The molecule has 1 aromatic heterocycles. The Morgan fingerprint density at radius 3 is 2.57 bits per heavy atom. The van der Waals surface area contributed by atoms with Crippen LogP contribution in [0.25, 0.3) is 0 Å². The summed E-state index contributed by atoms with van der Waals surface area (Å²) in [6, 6.07) is 3.32. The van der Waals surface area contributed by atoms with Crippen molar-refractivity contribution in [3.05, 3.63) is 29.6 Å². The van der Waals surface area contributed by atoms with Gasteiger partial charge in [-0.2, -0.15) is 0 Å². The summed E-state index contributed by atoms with van der Waals surface area (Å²) >= 11 is 0. The van der Waals surface area contributed by atoms with E-state index in [0.29, 0.717) is 18.7 Å². The minimum absolute atomic E-state index is 0.127. The molecule has 0 saturated carbocycles. The average Bonchev–Trinajstić information content (AvgIpc) is 2.34. The number of ether oxygens (including phenoxy) is 2. The summed E-state index contributed by atoms with van der Waals surface area (Å²) in [6.45, 7) is 6.61. The maximum atomic E-state index is 11.8. The van der Waals surface area contributed by atoms with Crippen molar-refractivity contribution >= 4 is 12.1 Å². The largest absolute Gasteiger partial charge is 0.465 e. The second kappa shape index (κ2) is 5.71. The molecule has 1 saturated heterocycles. The molecular formula is C15H20N2O4. The SMILES string of the molecule is COC(=O)c1ccnc(C2CN(C(=O)OC(C)(C)C)C2)c1. The van der Waals surface area contributed by atoms with Crippen molar-refractivity contribution < 1.29 is 19.1 Å². The van der Waals surface area contributed by atoms with Crippen LogP contribution in [-0.4, -0.2) is 47.7 Å². The lowest BCUT2D eigenvalue weighted by atomic mass is 9.95. The van der Waals surface area contributed by atoms with E-state index < -0.39 is 5.60 Å². The topological polar surface area (TPSA) is 68.7 Å². The number of carbonyl (C=O) groups is 2. The lowest BCUT2D eigenvalue weighted by Crippen LogP contribution is -2.50. The molecule has 0 atom stereocenters. The lowest BCUT2D eigenvalue weighted by molar-refractivity contribution is 0.00782. The molecule has 0 aromatic carbocycles. The second-order valence-corrected chi connectivity index (χ2v) is 6.04. The van der Waals surface area contributed by atoms with Gasteiger partial charge in [-0.25, -0.2) is 9.59 Å². The highest BCUT2D eigenvalue weighted by molar-refractivity contribution is 5.89. The summed E-state index contributed by atoms with van der Waals surface area (Å²) in [7, 11) is 1.34. The van der Waals surface area contributed by atoms with Crippen molar-refractivity contribution in [3.8, 4) is 0 Å². The number of nitrogens with zero attached hydrogens (tertiary/aromatic N) is 2. The van der Waals surface area contributed by atoms with E-state index in [1.165, 1.54) is 7.11 Å². The first-order valence-electron chi connectivity index (χ1n) is 6.82. The van der Waals surface area contributed by atoms with E-state index in [1.807, 2.05) is 20.8 Å². The quantitative estimate of drug-likeness (QED) is 0.782. The van der Waals surface area contributed by atoms with Crippen molar-refractivity contribution in [2.24, 2.45) is 0 Å². The highest BCUT2D eigenvalue weighted by Crippen LogP contribution is 2.27. The van der Waals surface area contributed by atoms with Crippen LogP contribution in [-0.2, 0) is 9.47 Å². The van der Waals surface area contributed by atoms with Crippen LogP contribution in [0.2, 0.25) is 0 Å². The van der Waals surface area contributed by atoms with E-state index in [0.717, 1.165) is 5.69 Å². The summed E-state index contributed by atoms with van der Waals surface area (Å²) in [5.74, 6) is -0.260. The maximum Gasteiger partial charge on any atom is 0.410 e. The van der Waals surface area contributed by atoms with Crippen LogP contribution in [0.3, 0.4) is 0 Å². The van der Waals surface area contributed by atoms with Crippen LogP contribution in [0.5, 0.6) is 0 Å². The molecular weight excluding hydrogens is 272 g/mol. The highest BCUT2D eigenvalue weighted by Gasteiger charge is 2.35. The fourth-order valence-electron chi connectivity index (χ4n) is 2.06. The number of methoxy groups -OCH3 is 1. The number of esters is 1. The Balaban J connectivity index is 1.95. The number of amides is 1. The molecule has 6 heteroatoms. The minimum atomic E-state index is -0.495. The van der Waals surface area contributed by atoms with Crippen molar-refractivity contribution in [1.29, 1.82) is 0 Å². The molecule has 0 N–H and O–H groups in total. The Morgan fingerprint density at radius 2 is 2.00 bits per heavy atom. The molecule has 21 heavy (non-hydrogen) atoms. The van der Waals surface area contributed by atoms with Crippen LogP contribution in [0.1, 0.15) is 42.7 Å². The van der Waals surface area contributed by atoms with Crippen LogP contribution in [0, 0.1) is 0 Å². The molecule has 114 valence electrons. The third-order valence-electron chi connectivity index (χ3n) is 3.15. The second-order valence-electron chi connectivity index (χ2n) is 6.04. The Kier molecular flexibility index (Phi) is 4.16. The number of rotatable bonds is 2. The van der Waals surface area contributed by atoms with Gasteiger partial charge in [-0.3, -0.25) is 4.98 Å². The molecule has 2 rings (SSSR count). The predicted molar refractivity (Wildman–Crippen MR) is 76.1 cm³/mol. The van der Waals surface area contributed by atoms with Crippen LogP contribution in [0.4, 0.5) is 4.79 Å². The van der Waals surface area contributed by atoms with Crippen LogP contribution in [0.15, 0.2) is 18.3 Å². The third kappa shape index (κ3) is 3.71. The molecule has 0 aliphatic carbocycles. The Bertz CT molecular complexity index is 545. The van der Waals surface area contributed by atoms with Gasteiger partial charge in [-0.05, 0) is 32.9 Å². The van der Waals surface area contributed by atoms with Crippen molar-refractivity contribution in [3.63, 3.8) is 0 Å². The molecule has 0 spiro atoms. The van der Waals surface area contributed by atoms with Gasteiger partial charge in [0.1, 0.15) is 5.60 Å². The third-order valence-corrected chi connectivity index (χ3v) is 3.15. The van der Waals surface area contributed by atoms with E-state index in [2.05, 4.69) is 9.72 Å². The monoisotopic (exact) mass is 292 g/mol. The zero-order chi connectivity index (χ0) is 15.6. The van der Waals surface area contributed by atoms with E-state index in [4.69, 9.17) is 4.74 Å². The highest BCUT2D eigenvalue weighted by atomic mass is 16.6. The van der Waals surface area contributed by atoms with Crippen LogP contribution < -0.4 is 0 Å². The molecule has 0 radical (unpaired) electrons. The number of hydrogen-bond acceptors (Lipinski definition) is 5. The van der Waals surface area contributed by atoms with E-state index >= 15 is 0 Å². The number of hydrogen-bond donors (Lipinski definition) is 0. The number of likely N-dealkylation sites (tertiary alicyclic amines) is 1. The molecule has 2 heterocycles. The van der Waals surface area contributed by atoms with Crippen LogP contribution >= 0.6 is 0 Å². The summed E-state index contributed by atoms with van der Waals surface area (Å²) in [6.07, 6.45) is 1.26. The smallest absolute Gasteiger partial charge is 0.410 e. The standard InChI is InChI=1S/C15H20N2O4/c1-15(2,3)21-14(19)17-8-11(9-17)12-7-10(5-6-16-12)13(18)20-4/h5-7,11H,8-9H2,1-4H3. The Hall–Kier alpha value is -2.11. The lowest BCUT2D eigenvalue weighted by Gasteiger charge is -2.39. The summed E-state index contributed by atoms with van der Waals surface area (Å²) in [4.78, 5) is 29.2. The van der Waals surface area contributed by atoms with Gasteiger partial charge in [0.2, 0.25) is 0 Å². The van der Waals surface area contributed by atoms with Gasteiger partial charge in [-0.15, -0.1) is 0 Å². The van der Waals surface area contributed by atoms with Crippen molar-refractivity contribution in [2.75, 3.05) is 20.2 Å². The summed E-state index contributed by atoms with van der Waals surface area (Å²) in [5, 5.41) is 0. The average molecular weight is 292 g/mol. The normalized spacial score (nSPS) is 15.3. The minimum Gasteiger partial charge on any atom is -0.465 e. The van der Waals surface area contributed by atoms with E-state index in [9.17, 15) is 9.59 Å². The maximum absolute atomic E-state index is 11.8. The fraction of sp³-hybridized carbons (Fsp3) is 0.533. The molecule has 1 aliphatic rings. The van der Waals surface area contributed by atoms with Gasteiger partial charge in [0.25, 0.3) is 0 Å². The first-order valence-corrected chi connectivity index (χ1v) is 6.82. The first kappa shape index (κ1) is 15.3. The number of aromatic nitrogens is 1. The fourth-order valence-corrected chi connectivity index (χ4v) is 2.06. The number of pyridine rings is 1. The van der Waals surface area contributed by atoms with E-state index in [1.54, 1.807) is 23.2 Å². The zero-order valence-corrected chi connectivity index (χ0v) is 12.8. The first-order chi connectivity index (χ1) is 9.80. The molecule has 0 unspecified atom stereocenters. The van der Waals surface area contributed by atoms with Gasteiger partial charge >= 0.3 is 12.1 Å². The van der Waals surface area contributed by atoms with Gasteiger partial charge in [-0.1, -0.05) is 0 Å². The van der Waals surface area contributed by atoms with Gasteiger partial charge in [0.15, 0.2) is 0 Å². The predicted octanol–water partition coefficient (Wildman–Crippen LogP) is 2.20. The zero-order valence-electron chi connectivity index (χ0n) is 12.8. The molecule has 1 amide bonds. The van der Waals surface area contributed by atoms with E-state index in [-0.39, 0.29) is 18.0 Å². The van der Waals surface area contributed by atoms with Gasteiger partial charge in [0, 0.05) is 30.9 Å². The van der Waals surface area contributed by atoms with Gasteiger partial charge < -0.3 is 14.4 Å². The molecule has 6 nitrogen and oxygen atoms in total. The Morgan fingerprint density at radius 1 is 1.33 bits per heavy atom. The molecule has 1 aliphatic heterocycles. The summed E-state index contributed by atoms with van der Waals surface area (Å²) < 4.78 is 9.98. The molecule has 0 bridgehead atoms. The molecule has 1 fully saturated rings. The Labute approximate surface area is 124 Å². The number of carbonyl (C=O) groups excluding carboxylic acids is 2. The van der Waals surface area contributed by atoms with Crippen molar-refractivity contribution in [2.45, 2.75) is 32.3 Å². The summed E-state index contributed by atoms with van der Waals surface area (Å²) in [5.41, 5.74) is 0.765.